The van der Waals surface area contributed by atoms with E-state index in [1.165, 1.54) is 17.1 Å². The van der Waals surface area contributed by atoms with Crippen molar-refractivity contribution in [2.45, 2.75) is 48.1 Å². The average molecular weight is 679 g/mol. The van der Waals surface area contributed by atoms with Gasteiger partial charge < -0.3 is 25.7 Å². The Bertz CT molecular complexity index is 1620. The number of hydrogen-bond acceptors (Lipinski definition) is 16. The molecule has 4 heterocycles. The molecule has 19 nitrogen and oxygen atoms in total. The number of fused-ring (bicyclic) bond motifs is 1. The summed E-state index contributed by atoms with van der Waals surface area (Å²) in [7, 11) is 0. The first-order valence-electron chi connectivity index (χ1n) is 12.9. The number of tetrazole rings is 1. The fourth-order valence-corrected chi connectivity index (χ4v) is 7.43. The van der Waals surface area contributed by atoms with Gasteiger partial charge in [0.2, 0.25) is 17.6 Å². The van der Waals surface area contributed by atoms with E-state index in [-0.39, 0.29) is 45.0 Å². The van der Waals surface area contributed by atoms with Gasteiger partial charge in [0.1, 0.15) is 28.9 Å². The number of carboxylic acids is 2. The van der Waals surface area contributed by atoms with E-state index in [9.17, 15) is 34.0 Å². The van der Waals surface area contributed by atoms with Gasteiger partial charge in [0.15, 0.2) is 10.8 Å². The number of oxime groups is 1. The van der Waals surface area contributed by atoms with E-state index in [0.29, 0.717) is 18.4 Å². The van der Waals surface area contributed by atoms with Crippen LogP contribution in [0.15, 0.2) is 44.3 Å². The molecule has 0 spiro atoms. The highest BCUT2D eigenvalue weighted by atomic mass is 32.2. The van der Waals surface area contributed by atoms with Crippen LogP contribution in [0.3, 0.4) is 0 Å². The second-order valence-corrected chi connectivity index (χ2v) is 12.3. The lowest BCUT2D eigenvalue weighted by molar-refractivity contribution is -0.150. The third-order valence-electron chi connectivity index (χ3n) is 6.56. The Morgan fingerprint density at radius 2 is 2.13 bits per heavy atom. The molecule has 1 aliphatic carbocycles. The van der Waals surface area contributed by atoms with Crippen molar-refractivity contribution in [1.82, 2.24) is 35.4 Å². The van der Waals surface area contributed by atoms with Crippen LogP contribution in [0.5, 0.6) is 0 Å². The maximum Gasteiger partial charge on any atom is 0.352 e. The summed E-state index contributed by atoms with van der Waals surface area (Å²) in [5.74, 6) is -4.05. The quantitative estimate of drug-likeness (QED) is 0.0364. The standard InChI is InChI=1S/C23H22N10O9S3/c34-9-24-22-25-13(8-44-22)14(29-42-11-3-1-2-4-11)17(35)26-15-18(36)33-16(21(39)40)10(6-43-19(15)33)7-45-23-27-30-31-32(23)5-12(28-41)20(37)38/h1,3,8-9,11-12,15,19H,2,4-7H2,(H,26,35)(H,37,38)(H,39,40)(H,24,25,34)/t11?,12?,15?,19-/m0/s1. The fraction of sp³-hybridized carbons (Fsp3) is 0.391. The summed E-state index contributed by atoms with van der Waals surface area (Å²) in [6, 6.07) is -2.70. The first kappa shape index (κ1) is 31.7. The number of nitrogens with one attached hydrogen (secondary N) is 2. The Balaban J connectivity index is 1.29. The highest BCUT2D eigenvalue weighted by molar-refractivity contribution is 8.01. The highest BCUT2D eigenvalue weighted by Gasteiger charge is 2.54. The number of thiazole rings is 1. The first-order chi connectivity index (χ1) is 21.7. The van der Waals surface area contributed by atoms with Crippen LogP contribution < -0.4 is 10.6 Å². The van der Waals surface area contributed by atoms with Gasteiger partial charge in [-0.1, -0.05) is 28.2 Å². The predicted molar refractivity (Wildman–Crippen MR) is 157 cm³/mol. The molecular weight excluding hydrogens is 657 g/mol. The molecule has 2 aromatic heterocycles. The number of nitrogens with zero attached hydrogens (tertiary/aromatic N) is 8. The summed E-state index contributed by atoms with van der Waals surface area (Å²) in [6.45, 7) is -0.425. The van der Waals surface area contributed by atoms with Crippen molar-refractivity contribution in [3.05, 3.63) is 39.4 Å². The van der Waals surface area contributed by atoms with Crippen LogP contribution in [0, 0.1) is 4.91 Å². The molecule has 3 amide bonds. The molecule has 5 rings (SSSR count). The lowest BCUT2D eigenvalue weighted by Gasteiger charge is -2.49. The number of carboxylic acid groups (broad SMARTS) is 2. The van der Waals surface area contributed by atoms with Gasteiger partial charge in [-0.3, -0.25) is 19.3 Å². The molecule has 3 unspecified atom stereocenters. The molecule has 0 radical (unpaired) electrons. The van der Waals surface area contributed by atoms with Crippen molar-refractivity contribution in [3.8, 4) is 0 Å². The van der Waals surface area contributed by atoms with Gasteiger partial charge in [-0.25, -0.2) is 19.3 Å². The topological polar surface area (TPSA) is 261 Å². The van der Waals surface area contributed by atoms with E-state index >= 15 is 0 Å². The molecule has 3 aliphatic rings. The summed E-state index contributed by atoms with van der Waals surface area (Å²) in [5.41, 5.74) is -0.0119. The molecule has 2 aliphatic heterocycles. The third-order valence-corrected chi connectivity index (χ3v) is 9.72. The number of allylic oxidation sites excluding steroid dienone is 1. The lowest BCUT2D eigenvalue weighted by Crippen LogP contribution is -2.71. The minimum atomic E-state index is -1.62. The van der Waals surface area contributed by atoms with Crippen LogP contribution in [0.4, 0.5) is 5.13 Å². The van der Waals surface area contributed by atoms with E-state index in [0.717, 1.165) is 39.1 Å². The van der Waals surface area contributed by atoms with Gasteiger partial charge in [-0.2, -0.15) is 0 Å². The summed E-state index contributed by atoms with van der Waals surface area (Å²) >= 11 is 3.27. The van der Waals surface area contributed by atoms with Crippen molar-refractivity contribution >= 4 is 75.9 Å². The zero-order valence-corrected chi connectivity index (χ0v) is 25.2. The maximum atomic E-state index is 13.4. The van der Waals surface area contributed by atoms with Crippen LogP contribution in [0.1, 0.15) is 18.5 Å². The largest absolute Gasteiger partial charge is 0.480 e. The van der Waals surface area contributed by atoms with Gasteiger partial charge >= 0.3 is 11.9 Å². The molecule has 236 valence electrons. The lowest BCUT2D eigenvalue weighted by atomic mass is 10.0. The number of aliphatic carboxylic acids is 2. The molecular formula is C23H22N10O9S3. The van der Waals surface area contributed by atoms with Crippen molar-refractivity contribution in [3.63, 3.8) is 0 Å². The molecule has 4 N–H and O–H groups in total. The van der Waals surface area contributed by atoms with E-state index < -0.39 is 47.8 Å². The zero-order chi connectivity index (χ0) is 32.1. The number of carbonyl (C=O) groups is 5. The Labute approximate surface area is 264 Å². The Hall–Kier alpha value is -4.70. The van der Waals surface area contributed by atoms with Crippen molar-refractivity contribution in [2.24, 2.45) is 10.3 Å². The summed E-state index contributed by atoms with van der Waals surface area (Å²) in [5, 5.41) is 42.6. The second-order valence-electron chi connectivity index (χ2n) is 9.40. The Morgan fingerprint density at radius 3 is 2.82 bits per heavy atom. The number of rotatable bonds is 15. The van der Waals surface area contributed by atoms with Crippen LogP contribution in [0.25, 0.3) is 0 Å². The van der Waals surface area contributed by atoms with E-state index in [2.05, 4.69) is 41.5 Å². The minimum absolute atomic E-state index is 0.0273. The van der Waals surface area contributed by atoms with Gasteiger partial charge in [0.25, 0.3) is 11.8 Å². The summed E-state index contributed by atoms with van der Waals surface area (Å²) < 4.78 is 1.07. The van der Waals surface area contributed by atoms with E-state index in [1.807, 2.05) is 6.08 Å². The van der Waals surface area contributed by atoms with E-state index in [4.69, 9.17) is 9.94 Å². The number of amides is 3. The number of anilines is 1. The molecule has 22 heteroatoms. The van der Waals surface area contributed by atoms with Gasteiger partial charge in [0, 0.05) is 16.9 Å². The molecule has 45 heavy (non-hydrogen) atoms. The highest BCUT2D eigenvalue weighted by Crippen LogP contribution is 2.41. The van der Waals surface area contributed by atoms with Crippen molar-refractivity contribution in [2.75, 3.05) is 16.8 Å². The van der Waals surface area contributed by atoms with Crippen LogP contribution in [0.2, 0.25) is 0 Å². The number of thioether (sulfide) groups is 2. The number of aromatic nitrogens is 5. The summed E-state index contributed by atoms with van der Waals surface area (Å²) in [6.07, 6.45) is 5.26. The predicted octanol–water partition coefficient (Wildman–Crippen LogP) is -0.112. The fourth-order valence-electron chi connectivity index (χ4n) is 4.41. The Morgan fingerprint density at radius 1 is 1.31 bits per heavy atom. The van der Waals surface area contributed by atoms with Crippen LogP contribution in [-0.2, 0) is 35.4 Å². The number of hydrogen-bond donors (Lipinski definition) is 4. The normalized spacial score (nSPS) is 21.5. The maximum absolute atomic E-state index is 13.4. The average Bonchev–Trinajstić information content (AvgIpc) is 3.80. The van der Waals surface area contributed by atoms with E-state index in [1.54, 1.807) is 6.08 Å². The number of carbonyl (C=O) groups excluding carboxylic acids is 3. The molecule has 4 atom stereocenters. The number of β-lactam (4-membered cyclic amide) rings is 1. The summed E-state index contributed by atoms with van der Waals surface area (Å²) in [4.78, 5) is 82.4. The third kappa shape index (κ3) is 6.86. The molecule has 0 bridgehead atoms. The van der Waals surface area contributed by atoms with Crippen molar-refractivity contribution < 1.29 is 39.0 Å². The second kappa shape index (κ2) is 13.9. The van der Waals surface area contributed by atoms with Crippen molar-refractivity contribution in [1.29, 1.82) is 0 Å². The Kier molecular flexibility index (Phi) is 9.83. The zero-order valence-electron chi connectivity index (χ0n) is 22.7. The minimum Gasteiger partial charge on any atom is -0.480 e. The first-order valence-corrected chi connectivity index (χ1v) is 15.8. The SMILES string of the molecule is O=CNc1nc(C(=NOC2C=CCC2)C(=O)NC2C(=O)N3C(C(=O)O)=C(CSc4nnnn4CC(N=O)C(=O)O)CS[C@@H]23)cs1. The van der Waals surface area contributed by atoms with Crippen LogP contribution >= 0.6 is 34.9 Å². The van der Waals surface area contributed by atoms with Gasteiger partial charge in [0.05, 0.1) is 6.54 Å². The van der Waals surface area contributed by atoms with Gasteiger partial charge in [-0.15, -0.1) is 33.1 Å². The molecule has 2 aromatic rings. The molecule has 0 aromatic carbocycles. The molecule has 1 saturated heterocycles. The smallest absolute Gasteiger partial charge is 0.352 e. The van der Waals surface area contributed by atoms with Gasteiger partial charge in [-0.05, 0) is 34.9 Å². The molecule has 0 saturated carbocycles. The van der Waals surface area contributed by atoms with Crippen LogP contribution in [-0.4, -0.2) is 111 Å². The monoisotopic (exact) mass is 678 g/mol. The molecule has 1 fully saturated rings. The number of nitroso groups, excluding NO2 is 1.